The predicted molar refractivity (Wildman–Crippen MR) is 112 cm³/mol. The predicted octanol–water partition coefficient (Wildman–Crippen LogP) is 1.97. The summed E-state index contributed by atoms with van der Waals surface area (Å²) >= 11 is 1.62. The van der Waals surface area contributed by atoms with E-state index in [1.807, 2.05) is 5.38 Å². The summed E-state index contributed by atoms with van der Waals surface area (Å²) in [6.07, 6.45) is 0. The zero-order valence-electron chi connectivity index (χ0n) is 16.1. The molecule has 0 saturated carbocycles. The third-order valence-electron chi connectivity index (χ3n) is 4.86. The zero-order chi connectivity index (χ0) is 20.1. The number of nitrogens with one attached hydrogen (secondary N) is 2. The molecular weight excluding hydrogens is 396 g/mol. The van der Waals surface area contributed by atoms with Gasteiger partial charge in [-0.15, -0.1) is 0 Å². The molecule has 1 atom stereocenters. The Hall–Kier alpha value is -1.78. The van der Waals surface area contributed by atoms with Crippen LogP contribution >= 0.6 is 11.3 Å². The molecule has 1 aromatic heterocycles. The maximum atomic E-state index is 12.8. The molecule has 2 aromatic rings. The number of thiophene rings is 1. The van der Waals surface area contributed by atoms with Crippen molar-refractivity contribution >= 4 is 33.0 Å². The van der Waals surface area contributed by atoms with Crippen LogP contribution in [-0.4, -0.2) is 63.9 Å². The maximum absolute atomic E-state index is 12.8. The average Bonchev–Trinajstić information content (AvgIpc) is 3.18. The van der Waals surface area contributed by atoms with Crippen LogP contribution in [0.4, 0.5) is 5.69 Å². The van der Waals surface area contributed by atoms with E-state index in [4.69, 9.17) is 0 Å². The number of rotatable bonds is 7. The van der Waals surface area contributed by atoms with Gasteiger partial charge in [0.15, 0.2) is 0 Å². The van der Waals surface area contributed by atoms with Gasteiger partial charge in [-0.25, -0.2) is 13.1 Å². The molecule has 28 heavy (non-hydrogen) atoms. The topological polar surface area (TPSA) is 81.7 Å². The Kier molecular flexibility index (Phi) is 6.84. The molecule has 1 aromatic carbocycles. The van der Waals surface area contributed by atoms with E-state index in [0.29, 0.717) is 12.2 Å². The van der Waals surface area contributed by atoms with Crippen molar-refractivity contribution in [3.63, 3.8) is 0 Å². The van der Waals surface area contributed by atoms with Crippen molar-refractivity contribution in [2.24, 2.45) is 0 Å². The molecule has 0 radical (unpaired) electrons. The number of hydrogen-bond donors (Lipinski definition) is 2. The van der Waals surface area contributed by atoms with Crippen molar-refractivity contribution in [1.82, 2.24) is 14.5 Å². The van der Waals surface area contributed by atoms with Crippen LogP contribution in [0.3, 0.4) is 0 Å². The molecule has 0 aliphatic carbocycles. The van der Waals surface area contributed by atoms with Crippen LogP contribution in [0.25, 0.3) is 0 Å². The van der Waals surface area contributed by atoms with Gasteiger partial charge in [0.1, 0.15) is 0 Å². The molecule has 1 amide bonds. The van der Waals surface area contributed by atoms with E-state index in [-0.39, 0.29) is 16.8 Å². The number of piperazine rings is 1. The highest BCUT2D eigenvalue weighted by molar-refractivity contribution is 7.89. The molecule has 1 aliphatic heterocycles. The summed E-state index contributed by atoms with van der Waals surface area (Å²) in [6.45, 7) is 5.48. The summed E-state index contributed by atoms with van der Waals surface area (Å²) < 4.78 is 28.3. The Balaban J connectivity index is 1.70. The van der Waals surface area contributed by atoms with Crippen molar-refractivity contribution in [3.05, 3.63) is 46.7 Å². The van der Waals surface area contributed by atoms with Gasteiger partial charge in [-0.05, 0) is 53.7 Å². The van der Waals surface area contributed by atoms with Crippen LogP contribution in [0.15, 0.2) is 46.0 Å². The first kappa shape index (κ1) is 20.9. The van der Waals surface area contributed by atoms with Crippen LogP contribution in [-0.2, 0) is 14.8 Å². The quantitative estimate of drug-likeness (QED) is 0.713. The number of sulfonamides is 1. The molecule has 1 unspecified atom stereocenters. The highest BCUT2D eigenvalue weighted by atomic mass is 32.2. The van der Waals surface area contributed by atoms with Crippen molar-refractivity contribution in [3.8, 4) is 0 Å². The van der Waals surface area contributed by atoms with Crippen molar-refractivity contribution in [2.45, 2.75) is 17.9 Å². The third kappa shape index (κ3) is 5.39. The van der Waals surface area contributed by atoms with Gasteiger partial charge in [-0.1, -0.05) is 0 Å². The number of carbonyl (C=O) groups is 1. The summed E-state index contributed by atoms with van der Waals surface area (Å²) in [5, 5.41) is 6.74. The fourth-order valence-electron chi connectivity index (χ4n) is 3.25. The van der Waals surface area contributed by atoms with Crippen LogP contribution in [0.5, 0.6) is 0 Å². The minimum Gasteiger partial charge on any atom is -0.326 e. The van der Waals surface area contributed by atoms with Gasteiger partial charge >= 0.3 is 0 Å². The summed E-state index contributed by atoms with van der Waals surface area (Å²) in [7, 11) is -1.54. The Morgan fingerprint density at radius 1 is 1.14 bits per heavy atom. The second-order valence-corrected chi connectivity index (χ2v) is 9.52. The van der Waals surface area contributed by atoms with E-state index in [9.17, 15) is 13.2 Å². The Morgan fingerprint density at radius 2 is 1.82 bits per heavy atom. The van der Waals surface area contributed by atoms with Gasteiger partial charge in [0.25, 0.3) is 0 Å². The zero-order valence-corrected chi connectivity index (χ0v) is 17.7. The first-order valence-electron chi connectivity index (χ1n) is 9.17. The molecule has 7 nitrogen and oxygen atoms in total. The van der Waals surface area contributed by atoms with E-state index in [0.717, 1.165) is 31.7 Å². The molecule has 2 heterocycles. The fourth-order valence-corrected chi connectivity index (χ4v) is 4.99. The number of amides is 1. The molecule has 0 spiro atoms. The maximum Gasteiger partial charge on any atom is 0.240 e. The van der Waals surface area contributed by atoms with Crippen molar-refractivity contribution < 1.29 is 13.2 Å². The normalized spacial score (nSPS) is 17.4. The van der Waals surface area contributed by atoms with Crippen LogP contribution in [0.2, 0.25) is 0 Å². The van der Waals surface area contributed by atoms with Gasteiger partial charge in [-0.2, -0.15) is 11.3 Å². The number of nitrogens with zero attached hydrogens (tertiary/aromatic N) is 2. The number of hydrogen-bond acceptors (Lipinski definition) is 6. The van der Waals surface area contributed by atoms with Gasteiger partial charge in [0, 0.05) is 51.4 Å². The minimum absolute atomic E-state index is 0.00776. The van der Waals surface area contributed by atoms with Gasteiger partial charge in [-0.3, -0.25) is 9.69 Å². The van der Waals surface area contributed by atoms with Gasteiger partial charge in [0.05, 0.1) is 4.90 Å². The Bertz CT molecular complexity index is 874. The first-order valence-corrected chi connectivity index (χ1v) is 11.6. The smallest absolute Gasteiger partial charge is 0.240 e. The van der Waals surface area contributed by atoms with Crippen LogP contribution in [0, 0.1) is 0 Å². The molecule has 1 saturated heterocycles. The molecule has 3 rings (SSSR count). The lowest BCUT2D eigenvalue weighted by atomic mass is 10.1. The third-order valence-corrected chi connectivity index (χ3v) is 7.00. The summed E-state index contributed by atoms with van der Waals surface area (Å²) in [5.74, 6) is -0.195. The second-order valence-electron chi connectivity index (χ2n) is 6.97. The lowest BCUT2D eigenvalue weighted by molar-refractivity contribution is -0.114. The molecule has 152 valence electrons. The summed E-state index contributed by atoms with van der Waals surface area (Å²) in [5.41, 5.74) is 1.71. The van der Waals surface area contributed by atoms with Gasteiger partial charge in [0.2, 0.25) is 15.9 Å². The Morgan fingerprint density at radius 3 is 2.39 bits per heavy atom. The van der Waals surface area contributed by atoms with E-state index in [1.165, 1.54) is 19.1 Å². The van der Waals surface area contributed by atoms with E-state index >= 15 is 0 Å². The Labute approximate surface area is 170 Å². The van der Waals surface area contributed by atoms with E-state index in [2.05, 4.69) is 38.3 Å². The number of anilines is 1. The van der Waals surface area contributed by atoms with Gasteiger partial charge < -0.3 is 10.2 Å². The number of likely N-dealkylation sites (N-methyl/N-ethyl adjacent to an activating group) is 1. The number of benzene rings is 1. The van der Waals surface area contributed by atoms with E-state index < -0.39 is 10.0 Å². The monoisotopic (exact) mass is 422 g/mol. The molecule has 0 bridgehead atoms. The van der Waals surface area contributed by atoms with Crippen LogP contribution < -0.4 is 10.0 Å². The molecule has 9 heteroatoms. The van der Waals surface area contributed by atoms with Crippen molar-refractivity contribution in [1.29, 1.82) is 0 Å². The first-order chi connectivity index (χ1) is 13.3. The van der Waals surface area contributed by atoms with E-state index in [1.54, 1.807) is 23.5 Å². The van der Waals surface area contributed by atoms with Crippen molar-refractivity contribution in [2.75, 3.05) is 45.1 Å². The lowest BCUT2D eigenvalue weighted by Gasteiger charge is -2.37. The summed E-state index contributed by atoms with van der Waals surface area (Å²) in [6, 6.07) is 8.25. The fraction of sp³-hybridized carbons (Fsp3) is 0.421. The standard InChI is InChI=1S/C19H26N4O3S2/c1-15(24)21-17-3-5-18(6-4-17)28(25,26)20-13-19(16-7-12-27-14-16)23-10-8-22(2)9-11-23/h3-7,12,14,19-20H,8-11,13H2,1-2H3,(H,21,24). The molecule has 1 fully saturated rings. The molecular formula is C19H26N4O3S2. The molecule has 2 N–H and O–H groups in total. The van der Waals surface area contributed by atoms with Crippen LogP contribution in [0.1, 0.15) is 18.5 Å². The number of carbonyl (C=O) groups excluding carboxylic acids is 1. The highest BCUT2D eigenvalue weighted by Gasteiger charge is 2.26. The second kappa shape index (κ2) is 9.15. The molecule has 1 aliphatic rings. The largest absolute Gasteiger partial charge is 0.326 e. The highest BCUT2D eigenvalue weighted by Crippen LogP contribution is 2.24. The minimum atomic E-state index is -3.64. The summed E-state index contributed by atoms with van der Waals surface area (Å²) in [4.78, 5) is 15.9. The SMILES string of the molecule is CC(=O)Nc1ccc(S(=O)(=O)NCC(c2ccsc2)N2CCN(C)CC2)cc1. The average molecular weight is 423 g/mol. The lowest BCUT2D eigenvalue weighted by Crippen LogP contribution is -2.48.